The van der Waals surface area contributed by atoms with E-state index in [1.165, 1.54) is 0 Å². The maximum absolute atomic E-state index is 11.7. The number of carbonyl (C=O) groups is 1. The van der Waals surface area contributed by atoms with Gasteiger partial charge in [-0.05, 0) is 38.5 Å². The van der Waals surface area contributed by atoms with Gasteiger partial charge in [-0.25, -0.2) is 0 Å². The van der Waals surface area contributed by atoms with E-state index in [0.29, 0.717) is 24.6 Å². The summed E-state index contributed by atoms with van der Waals surface area (Å²) in [6.07, 6.45) is 0.173. The molecule has 0 aromatic heterocycles. The first-order valence-corrected chi connectivity index (χ1v) is 6.34. The number of nitrogens with one attached hydrogen (secondary N) is 1. The molecule has 0 bridgehead atoms. The van der Waals surface area contributed by atoms with Crippen molar-refractivity contribution in [3.05, 3.63) is 23.8 Å². The Morgan fingerprint density at radius 2 is 2.11 bits per heavy atom. The number of hydrogen-bond acceptors (Lipinski definition) is 4. The van der Waals surface area contributed by atoms with Gasteiger partial charge in [0.15, 0.2) is 0 Å². The Morgan fingerprint density at radius 1 is 1.37 bits per heavy atom. The fourth-order valence-corrected chi connectivity index (χ4v) is 1.47. The van der Waals surface area contributed by atoms with Gasteiger partial charge >= 0.3 is 0 Å². The number of hydrogen-bond donors (Lipinski definition) is 2. The van der Waals surface area contributed by atoms with Gasteiger partial charge in [0.05, 0.1) is 19.3 Å². The molecule has 0 unspecified atom stereocenters. The molecule has 1 rings (SSSR count). The predicted molar refractivity (Wildman–Crippen MR) is 76.1 cm³/mol. The van der Waals surface area contributed by atoms with E-state index in [4.69, 9.17) is 15.2 Å². The Labute approximate surface area is 114 Å². The van der Waals surface area contributed by atoms with Crippen molar-refractivity contribution in [3.8, 4) is 0 Å². The van der Waals surface area contributed by atoms with Crippen molar-refractivity contribution in [3.63, 3.8) is 0 Å². The van der Waals surface area contributed by atoms with Crippen LogP contribution in [0.15, 0.2) is 18.2 Å². The minimum atomic E-state index is -0.196. The van der Waals surface area contributed by atoms with E-state index in [1.54, 1.807) is 12.1 Å². The van der Waals surface area contributed by atoms with Gasteiger partial charge in [-0.2, -0.15) is 0 Å². The zero-order valence-electron chi connectivity index (χ0n) is 11.7. The molecule has 3 N–H and O–H groups in total. The molecule has 0 aliphatic carbocycles. The number of benzene rings is 1. The highest BCUT2D eigenvalue weighted by molar-refractivity contribution is 5.92. The fourth-order valence-electron chi connectivity index (χ4n) is 1.47. The van der Waals surface area contributed by atoms with Crippen LogP contribution in [-0.4, -0.2) is 31.8 Å². The van der Waals surface area contributed by atoms with Crippen LogP contribution in [0.5, 0.6) is 0 Å². The Bertz CT molecular complexity index is 419. The minimum Gasteiger partial charge on any atom is -0.399 e. The van der Waals surface area contributed by atoms with E-state index in [9.17, 15) is 4.79 Å². The lowest BCUT2D eigenvalue weighted by Gasteiger charge is -2.10. The smallest absolute Gasteiger partial charge is 0.250 e. The Kier molecular flexibility index (Phi) is 6.32. The van der Waals surface area contributed by atoms with Gasteiger partial charge in [-0.15, -0.1) is 0 Å². The molecular formula is C14H22N2O3. The topological polar surface area (TPSA) is 73.6 Å². The Morgan fingerprint density at radius 3 is 2.79 bits per heavy atom. The molecule has 0 saturated carbocycles. The molecule has 0 fully saturated rings. The van der Waals surface area contributed by atoms with Crippen LogP contribution in [0.1, 0.15) is 19.4 Å². The lowest BCUT2D eigenvalue weighted by molar-refractivity contribution is -0.121. The van der Waals surface area contributed by atoms with E-state index in [-0.39, 0.29) is 18.6 Å². The van der Waals surface area contributed by atoms with E-state index >= 15 is 0 Å². The number of nitrogens with two attached hydrogens (primary N) is 1. The number of amides is 1. The second-order valence-electron chi connectivity index (χ2n) is 4.59. The van der Waals surface area contributed by atoms with E-state index < -0.39 is 0 Å². The molecular weight excluding hydrogens is 244 g/mol. The van der Waals surface area contributed by atoms with Gasteiger partial charge in [0, 0.05) is 11.4 Å². The summed E-state index contributed by atoms with van der Waals surface area (Å²) in [5.41, 5.74) is 7.97. The van der Waals surface area contributed by atoms with Crippen molar-refractivity contribution < 1.29 is 14.3 Å². The van der Waals surface area contributed by atoms with E-state index in [0.717, 1.165) is 5.56 Å². The first-order valence-electron chi connectivity index (χ1n) is 6.34. The van der Waals surface area contributed by atoms with Gasteiger partial charge in [-0.1, -0.05) is 6.07 Å². The first kappa shape index (κ1) is 15.5. The number of carbonyl (C=O) groups excluding carboxylic acids is 1. The molecule has 0 heterocycles. The van der Waals surface area contributed by atoms with Crippen LogP contribution in [0.2, 0.25) is 0 Å². The molecule has 5 nitrogen and oxygen atoms in total. The van der Waals surface area contributed by atoms with Gasteiger partial charge < -0.3 is 20.5 Å². The molecule has 0 saturated heterocycles. The van der Waals surface area contributed by atoms with E-state index in [2.05, 4.69) is 5.32 Å². The molecule has 1 aromatic carbocycles. The molecule has 0 aliphatic heterocycles. The van der Waals surface area contributed by atoms with Crippen LogP contribution < -0.4 is 11.1 Å². The molecule has 1 amide bonds. The van der Waals surface area contributed by atoms with Crippen molar-refractivity contribution in [2.45, 2.75) is 26.9 Å². The SMILES string of the molecule is Cc1ccc(N)cc1NC(=O)COCCOC(C)C. The number of rotatable bonds is 7. The summed E-state index contributed by atoms with van der Waals surface area (Å²) in [6.45, 7) is 6.72. The third-order valence-electron chi connectivity index (χ3n) is 2.45. The summed E-state index contributed by atoms with van der Waals surface area (Å²) in [5, 5.41) is 2.77. The third-order valence-corrected chi connectivity index (χ3v) is 2.45. The highest BCUT2D eigenvalue weighted by Gasteiger charge is 2.05. The summed E-state index contributed by atoms with van der Waals surface area (Å²) in [7, 11) is 0. The molecule has 0 spiro atoms. The van der Waals surface area contributed by atoms with Crippen LogP contribution >= 0.6 is 0 Å². The van der Waals surface area contributed by atoms with Crippen molar-refractivity contribution in [2.75, 3.05) is 30.9 Å². The maximum Gasteiger partial charge on any atom is 0.250 e. The highest BCUT2D eigenvalue weighted by atomic mass is 16.5. The standard InChI is InChI=1S/C14H22N2O3/c1-10(2)19-7-6-18-9-14(17)16-13-8-12(15)5-4-11(13)3/h4-5,8,10H,6-7,9,15H2,1-3H3,(H,16,17). The number of nitrogen functional groups attached to an aromatic ring is 1. The van der Waals surface area contributed by atoms with Crippen LogP contribution in [0.3, 0.4) is 0 Å². The van der Waals surface area contributed by atoms with E-state index in [1.807, 2.05) is 26.8 Å². The normalized spacial score (nSPS) is 10.7. The molecule has 106 valence electrons. The summed E-state index contributed by atoms with van der Waals surface area (Å²) < 4.78 is 10.5. The molecule has 5 heteroatoms. The largest absolute Gasteiger partial charge is 0.399 e. The Hall–Kier alpha value is -1.59. The van der Waals surface area contributed by atoms with Crippen LogP contribution in [0.4, 0.5) is 11.4 Å². The summed E-state index contributed by atoms with van der Waals surface area (Å²) in [4.78, 5) is 11.7. The van der Waals surface area contributed by atoms with Crippen LogP contribution in [0, 0.1) is 6.92 Å². The lowest BCUT2D eigenvalue weighted by Crippen LogP contribution is -2.20. The molecule has 0 atom stereocenters. The minimum absolute atomic E-state index is 0.00962. The van der Waals surface area contributed by atoms with Crippen molar-refractivity contribution in [1.82, 2.24) is 0 Å². The summed E-state index contributed by atoms with van der Waals surface area (Å²) in [6, 6.07) is 5.39. The first-order chi connectivity index (χ1) is 8.99. The second-order valence-corrected chi connectivity index (χ2v) is 4.59. The van der Waals surface area contributed by atoms with Gasteiger partial charge in [0.1, 0.15) is 6.61 Å². The average Bonchev–Trinajstić information content (AvgIpc) is 2.33. The van der Waals surface area contributed by atoms with Crippen LogP contribution in [-0.2, 0) is 14.3 Å². The number of anilines is 2. The zero-order valence-corrected chi connectivity index (χ0v) is 11.7. The van der Waals surface area contributed by atoms with Gasteiger partial charge in [-0.3, -0.25) is 4.79 Å². The second kappa shape index (κ2) is 7.76. The van der Waals surface area contributed by atoms with Crippen LogP contribution in [0.25, 0.3) is 0 Å². The zero-order chi connectivity index (χ0) is 14.3. The van der Waals surface area contributed by atoms with Crippen molar-refractivity contribution >= 4 is 17.3 Å². The fraction of sp³-hybridized carbons (Fsp3) is 0.500. The molecule has 0 radical (unpaired) electrons. The summed E-state index contributed by atoms with van der Waals surface area (Å²) in [5.74, 6) is -0.196. The maximum atomic E-state index is 11.7. The summed E-state index contributed by atoms with van der Waals surface area (Å²) >= 11 is 0. The molecule has 1 aromatic rings. The van der Waals surface area contributed by atoms with Gasteiger partial charge in [0.2, 0.25) is 5.91 Å². The quantitative estimate of drug-likeness (QED) is 0.584. The van der Waals surface area contributed by atoms with Crippen molar-refractivity contribution in [1.29, 1.82) is 0 Å². The third kappa shape index (κ3) is 6.22. The molecule has 0 aliphatic rings. The van der Waals surface area contributed by atoms with Crippen molar-refractivity contribution in [2.24, 2.45) is 0 Å². The molecule has 19 heavy (non-hydrogen) atoms. The number of ether oxygens (including phenoxy) is 2. The average molecular weight is 266 g/mol. The highest BCUT2D eigenvalue weighted by Crippen LogP contribution is 2.17. The number of aryl methyl sites for hydroxylation is 1. The monoisotopic (exact) mass is 266 g/mol. The van der Waals surface area contributed by atoms with Gasteiger partial charge in [0.25, 0.3) is 0 Å². The predicted octanol–water partition coefficient (Wildman–Crippen LogP) is 1.96. The lowest BCUT2D eigenvalue weighted by atomic mass is 10.2. The Balaban J connectivity index is 2.29.